The summed E-state index contributed by atoms with van der Waals surface area (Å²) >= 11 is 0. The van der Waals surface area contributed by atoms with E-state index in [4.69, 9.17) is 0 Å². The van der Waals surface area contributed by atoms with Gasteiger partial charge in [0.2, 0.25) is 5.91 Å². The van der Waals surface area contributed by atoms with E-state index in [1.54, 1.807) is 6.92 Å². The minimum atomic E-state index is -0.393. The first-order valence-electron chi connectivity index (χ1n) is 9.37. The van der Waals surface area contributed by atoms with Gasteiger partial charge in [-0.15, -0.1) is 0 Å². The summed E-state index contributed by atoms with van der Waals surface area (Å²) in [6.45, 7) is 7.49. The Labute approximate surface area is 156 Å². The highest BCUT2D eigenvalue weighted by Gasteiger charge is 2.24. The molecule has 2 rings (SSSR count). The molecule has 3 nitrogen and oxygen atoms in total. The number of rotatable bonds is 8. The Morgan fingerprint density at radius 2 is 1.50 bits per heavy atom. The van der Waals surface area contributed by atoms with Crippen LogP contribution in [-0.2, 0) is 16.0 Å². The first kappa shape index (κ1) is 19.9. The zero-order valence-electron chi connectivity index (χ0n) is 16.2. The SMILES string of the molecule is CCC(C)[C@H](NC(=O)[C@@H](C)Cc1ccc(-c2ccccc2)cc1)C(C)=O. The van der Waals surface area contributed by atoms with E-state index in [0.29, 0.717) is 6.42 Å². The number of nitrogens with one attached hydrogen (secondary N) is 1. The number of Topliss-reactive ketones (excluding diaryl/α,β-unsaturated/α-hetero) is 1. The van der Waals surface area contributed by atoms with Crippen LogP contribution in [-0.4, -0.2) is 17.7 Å². The van der Waals surface area contributed by atoms with Gasteiger partial charge in [0.05, 0.1) is 6.04 Å². The maximum Gasteiger partial charge on any atom is 0.223 e. The van der Waals surface area contributed by atoms with E-state index in [1.165, 1.54) is 11.1 Å². The fourth-order valence-corrected chi connectivity index (χ4v) is 3.09. The predicted octanol–water partition coefficient (Wildman–Crippen LogP) is 4.65. The number of amides is 1. The lowest BCUT2D eigenvalue weighted by atomic mass is 9.94. The summed E-state index contributed by atoms with van der Waals surface area (Å²) in [7, 11) is 0. The van der Waals surface area contributed by atoms with Gasteiger partial charge in [0.25, 0.3) is 0 Å². The van der Waals surface area contributed by atoms with Crippen molar-refractivity contribution in [2.45, 2.75) is 46.6 Å². The van der Waals surface area contributed by atoms with Crippen molar-refractivity contribution in [3.05, 3.63) is 60.2 Å². The average Bonchev–Trinajstić information content (AvgIpc) is 2.66. The van der Waals surface area contributed by atoms with Gasteiger partial charge in [-0.3, -0.25) is 9.59 Å². The second-order valence-electron chi connectivity index (χ2n) is 7.15. The second-order valence-corrected chi connectivity index (χ2v) is 7.15. The molecule has 0 aliphatic carbocycles. The minimum absolute atomic E-state index is 0.0205. The summed E-state index contributed by atoms with van der Waals surface area (Å²) in [4.78, 5) is 24.3. The summed E-state index contributed by atoms with van der Waals surface area (Å²) in [6.07, 6.45) is 1.52. The van der Waals surface area contributed by atoms with E-state index in [2.05, 4.69) is 41.7 Å². The van der Waals surface area contributed by atoms with Gasteiger partial charge in [-0.1, -0.05) is 81.8 Å². The van der Waals surface area contributed by atoms with Crippen LogP contribution in [0.15, 0.2) is 54.6 Å². The largest absolute Gasteiger partial charge is 0.346 e. The summed E-state index contributed by atoms with van der Waals surface area (Å²) in [5.74, 6) is -0.0676. The number of carbonyl (C=O) groups excluding carboxylic acids is 2. The van der Waals surface area contributed by atoms with Crippen LogP contribution < -0.4 is 5.32 Å². The molecule has 0 aliphatic rings. The molecule has 1 amide bonds. The molecular formula is C23H29NO2. The van der Waals surface area contributed by atoms with Gasteiger partial charge in [-0.25, -0.2) is 0 Å². The number of carbonyl (C=O) groups is 2. The van der Waals surface area contributed by atoms with Crippen LogP contribution in [0.4, 0.5) is 0 Å². The van der Waals surface area contributed by atoms with Crippen molar-refractivity contribution in [1.29, 1.82) is 0 Å². The van der Waals surface area contributed by atoms with E-state index in [1.807, 2.05) is 39.0 Å². The number of hydrogen-bond donors (Lipinski definition) is 1. The molecule has 0 fully saturated rings. The van der Waals surface area contributed by atoms with E-state index in [-0.39, 0.29) is 23.5 Å². The van der Waals surface area contributed by atoms with Crippen LogP contribution in [0.1, 0.15) is 39.7 Å². The first-order valence-corrected chi connectivity index (χ1v) is 9.37. The molecule has 1 unspecified atom stereocenters. The first-order chi connectivity index (χ1) is 12.4. The van der Waals surface area contributed by atoms with Crippen LogP contribution in [0.25, 0.3) is 11.1 Å². The maximum absolute atomic E-state index is 12.5. The lowest BCUT2D eigenvalue weighted by Crippen LogP contribution is -2.46. The van der Waals surface area contributed by atoms with Gasteiger partial charge >= 0.3 is 0 Å². The third-order valence-corrected chi connectivity index (χ3v) is 5.00. The monoisotopic (exact) mass is 351 g/mol. The molecule has 0 aliphatic heterocycles. The molecule has 26 heavy (non-hydrogen) atoms. The fraction of sp³-hybridized carbons (Fsp3) is 0.391. The Morgan fingerprint density at radius 1 is 0.923 bits per heavy atom. The highest BCUT2D eigenvalue weighted by atomic mass is 16.2. The Balaban J connectivity index is 1.99. The summed E-state index contributed by atoms with van der Waals surface area (Å²) in [6, 6.07) is 18.2. The molecule has 2 aromatic rings. The van der Waals surface area contributed by atoms with Gasteiger partial charge in [0, 0.05) is 5.92 Å². The third kappa shape index (κ3) is 5.29. The molecular weight excluding hydrogens is 322 g/mol. The smallest absolute Gasteiger partial charge is 0.223 e. The van der Waals surface area contributed by atoms with Crippen LogP contribution >= 0.6 is 0 Å². The molecule has 0 saturated heterocycles. The third-order valence-electron chi connectivity index (χ3n) is 5.00. The van der Waals surface area contributed by atoms with Crippen molar-refractivity contribution in [2.75, 3.05) is 0 Å². The molecule has 138 valence electrons. The normalized spacial score (nSPS) is 14.3. The minimum Gasteiger partial charge on any atom is -0.346 e. The summed E-state index contributed by atoms with van der Waals surface area (Å²) in [5, 5.41) is 2.94. The lowest BCUT2D eigenvalue weighted by Gasteiger charge is -2.23. The highest BCUT2D eigenvalue weighted by Crippen LogP contribution is 2.20. The maximum atomic E-state index is 12.5. The molecule has 0 saturated carbocycles. The topological polar surface area (TPSA) is 46.2 Å². The van der Waals surface area contributed by atoms with Crippen LogP contribution in [0, 0.1) is 11.8 Å². The summed E-state index contributed by atoms with van der Waals surface area (Å²) < 4.78 is 0. The van der Waals surface area contributed by atoms with Crippen molar-refractivity contribution in [3.63, 3.8) is 0 Å². The van der Waals surface area contributed by atoms with Gasteiger partial charge < -0.3 is 5.32 Å². The average molecular weight is 351 g/mol. The van der Waals surface area contributed by atoms with E-state index < -0.39 is 6.04 Å². The Morgan fingerprint density at radius 3 is 2.04 bits per heavy atom. The molecule has 0 bridgehead atoms. The Kier molecular flexibility index (Phi) is 7.14. The fourth-order valence-electron chi connectivity index (χ4n) is 3.09. The zero-order valence-corrected chi connectivity index (χ0v) is 16.2. The van der Waals surface area contributed by atoms with Crippen LogP contribution in [0.5, 0.6) is 0 Å². The molecule has 3 atom stereocenters. The van der Waals surface area contributed by atoms with Gasteiger partial charge in [0.1, 0.15) is 0 Å². The lowest BCUT2D eigenvalue weighted by molar-refractivity contribution is -0.130. The molecule has 0 aromatic heterocycles. The zero-order chi connectivity index (χ0) is 19.1. The highest BCUT2D eigenvalue weighted by molar-refractivity contribution is 5.88. The summed E-state index contributed by atoms with van der Waals surface area (Å²) in [5.41, 5.74) is 3.47. The molecule has 0 radical (unpaired) electrons. The van der Waals surface area contributed by atoms with E-state index in [0.717, 1.165) is 12.0 Å². The van der Waals surface area contributed by atoms with Crippen molar-refractivity contribution in [1.82, 2.24) is 5.32 Å². The molecule has 3 heteroatoms. The molecule has 2 aromatic carbocycles. The Bertz CT molecular complexity index is 722. The van der Waals surface area contributed by atoms with Gasteiger partial charge in [-0.05, 0) is 36.0 Å². The van der Waals surface area contributed by atoms with Crippen molar-refractivity contribution in [2.24, 2.45) is 11.8 Å². The van der Waals surface area contributed by atoms with Gasteiger partial charge in [-0.2, -0.15) is 0 Å². The predicted molar refractivity (Wildman–Crippen MR) is 107 cm³/mol. The van der Waals surface area contributed by atoms with Crippen molar-refractivity contribution >= 4 is 11.7 Å². The van der Waals surface area contributed by atoms with E-state index >= 15 is 0 Å². The number of ketones is 1. The van der Waals surface area contributed by atoms with Crippen molar-refractivity contribution < 1.29 is 9.59 Å². The van der Waals surface area contributed by atoms with Gasteiger partial charge in [0.15, 0.2) is 5.78 Å². The number of hydrogen-bond acceptors (Lipinski definition) is 2. The van der Waals surface area contributed by atoms with E-state index in [9.17, 15) is 9.59 Å². The standard InChI is InChI=1S/C23H29NO2/c1-5-16(2)22(18(4)25)24-23(26)17(3)15-19-11-13-21(14-12-19)20-9-7-6-8-10-20/h6-14,16-17,22H,5,15H2,1-4H3,(H,24,26)/t16?,17-,22-/m0/s1. The molecule has 0 spiro atoms. The molecule has 0 heterocycles. The Hall–Kier alpha value is -2.42. The van der Waals surface area contributed by atoms with Crippen LogP contribution in [0.3, 0.4) is 0 Å². The van der Waals surface area contributed by atoms with Crippen LogP contribution in [0.2, 0.25) is 0 Å². The van der Waals surface area contributed by atoms with Crippen molar-refractivity contribution in [3.8, 4) is 11.1 Å². The molecule has 1 N–H and O–H groups in total. The number of benzene rings is 2. The quantitative estimate of drug-likeness (QED) is 0.752. The second kappa shape index (κ2) is 9.33.